The number of hydrogen-bond donors (Lipinski definition) is 1. The number of carbonyl (C=O) groups excluding carboxylic acids is 1. The maximum atomic E-state index is 11.3. The Morgan fingerprint density at radius 1 is 1.21 bits per heavy atom. The lowest BCUT2D eigenvalue weighted by Gasteiger charge is -2.08. The molecule has 1 rings (SSSR count). The van der Waals surface area contributed by atoms with Crippen LogP contribution < -0.4 is 5.32 Å². The molecule has 3 heteroatoms. The summed E-state index contributed by atoms with van der Waals surface area (Å²) in [6, 6.07) is 10.4. The Labute approximate surface area is 116 Å². The van der Waals surface area contributed by atoms with Gasteiger partial charge in [0.1, 0.15) is 0 Å². The molecule has 0 atom stereocenters. The van der Waals surface area contributed by atoms with Gasteiger partial charge >= 0.3 is 6.09 Å². The average molecular weight is 263 g/mol. The minimum absolute atomic E-state index is 0.291. The van der Waals surface area contributed by atoms with E-state index in [1.165, 1.54) is 5.56 Å². The van der Waals surface area contributed by atoms with Gasteiger partial charge in [-0.1, -0.05) is 44.2 Å². The fraction of sp³-hybridized carbons (Fsp3) is 0.562. The molecule has 0 bridgehead atoms. The van der Waals surface area contributed by atoms with E-state index in [2.05, 4.69) is 43.4 Å². The highest BCUT2D eigenvalue weighted by Crippen LogP contribution is 2.04. The summed E-state index contributed by atoms with van der Waals surface area (Å²) in [4.78, 5) is 11.3. The molecule has 1 N–H and O–H groups in total. The van der Waals surface area contributed by atoms with E-state index in [4.69, 9.17) is 4.74 Å². The van der Waals surface area contributed by atoms with E-state index in [1.807, 2.05) is 6.07 Å². The molecule has 0 aliphatic carbocycles. The number of hydrogen-bond acceptors (Lipinski definition) is 2. The SMILES string of the molecule is CC(C)CCOC(=O)NCCCCc1ccccc1. The number of nitrogens with one attached hydrogen (secondary N) is 1. The molecule has 0 saturated carbocycles. The molecular formula is C16H25NO2. The van der Waals surface area contributed by atoms with Crippen molar-refractivity contribution in [2.45, 2.75) is 39.5 Å². The van der Waals surface area contributed by atoms with Crippen molar-refractivity contribution in [2.24, 2.45) is 5.92 Å². The molecule has 0 fully saturated rings. The molecule has 0 heterocycles. The van der Waals surface area contributed by atoms with Gasteiger partial charge in [0.25, 0.3) is 0 Å². The molecule has 19 heavy (non-hydrogen) atoms. The van der Waals surface area contributed by atoms with Crippen molar-refractivity contribution in [3.8, 4) is 0 Å². The Balaban J connectivity index is 1.97. The van der Waals surface area contributed by atoms with Gasteiger partial charge in [0.05, 0.1) is 6.61 Å². The first-order chi connectivity index (χ1) is 9.18. The van der Waals surface area contributed by atoms with E-state index in [0.29, 0.717) is 19.1 Å². The van der Waals surface area contributed by atoms with E-state index in [1.54, 1.807) is 0 Å². The third-order valence-corrected chi connectivity index (χ3v) is 2.93. The van der Waals surface area contributed by atoms with Crippen LogP contribution in [0, 0.1) is 5.92 Å². The number of rotatable bonds is 8. The molecule has 1 aromatic rings. The quantitative estimate of drug-likeness (QED) is 0.725. The van der Waals surface area contributed by atoms with Gasteiger partial charge in [-0.15, -0.1) is 0 Å². The van der Waals surface area contributed by atoms with Gasteiger partial charge in [0.15, 0.2) is 0 Å². The van der Waals surface area contributed by atoms with Crippen molar-refractivity contribution >= 4 is 6.09 Å². The first kappa shape index (κ1) is 15.5. The maximum absolute atomic E-state index is 11.3. The zero-order valence-corrected chi connectivity index (χ0v) is 12.0. The summed E-state index contributed by atoms with van der Waals surface area (Å²) in [7, 11) is 0. The Morgan fingerprint density at radius 2 is 1.95 bits per heavy atom. The number of aryl methyl sites for hydroxylation is 1. The second-order valence-electron chi connectivity index (χ2n) is 5.19. The van der Waals surface area contributed by atoms with Crippen LogP contribution in [0.4, 0.5) is 4.79 Å². The topological polar surface area (TPSA) is 38.3 Å². The smallest absolute Gasteiger partial charge is 0.407 e. The number of ether oxygens (including phenoxy) is 1. The molecule has 106 valence electrons. The molecule has 0 unspecified atom stereocenters. The highest BCUT2D eigenvalue weighted by molar-refractivity contribution is 5.66. The van der Waals surface area contributed by atoms with Gasteiger partial charge in [-0.25, -0.2) is 4.79 Å². The largest absolute Gasteiger partial charge is 0.450 e. The first-order valence-corrected chi connectivity index (χ1v) is 7.13. The number of amides is 1. The molecule has 0 saturated heterocycles. The second-order valence-corrected chi connectivity index (χ2v) is 5.19. The van der Waals surface area contributed by atoms with Crippen LogP contribution in [0.2, 0.25) is 0 Å². The molecule has 3 nitrogen and oxygen atoms in total. The average Bonchev–Trinajstić information content (AvgIpc) is 2.39. The van der Waals surface area contributed by atoms with Crippen LogP contribution in [0.5, 0.6) is 0 Å². The summed E-state index contributed by atoms with van der Waals surface area (Å²) in [6.45, 7) is 5.43. The van der Waals surface area contributed by atoms with Gasteiger partial charge in [-0.05, 0) is 37.2 Å². The molecule has 0 spiro atoms. The molecule has 0 aliphatic heterocycles. The van der Waals surface area contributed by atoms with Gasteiger partial charge in [0.2, 0.25) is 0 Å². The molecule has 0 aliphatic rings. The summed E-state index contributed by atoms with van der Waals surface area (Å²) in [5, 5.41) is 2.78. The lowest BCUT2D eigenvalue weighted by Crippen LogP contribution is -2.26. The molecule has 1 aromatic carbocycles. The molecule has 0 aromatic heterocycles. The Hall–Kier alpha value is -1.51. The van der Waals surface area contributed by atoms with Gasteiger partial charge in [-0.3, -0.25) is 0 Å². The maximum Gasteiger partial charge on any atom is 0.407 e. The Kier molecular flexibility index (Phi) is 7.71. The van der Waals surface area contributed by atoms with Crippen LogP contribution in [0.1, 0.15) is 38.7 Å². The first-order valence-electron chi connectivity index (χ1n) is 7.13. The van der Waals surface area contributed by atoms with Crippen LogP contribution in [-0.2, 0) is 11.2 Å². The minimum Gasteiger partial charge on any atom is -0.450 e. The van der Waals surface area contributed by atoms with E-state index >= 15 is 0 Å². The normalized spacial score (nSPS) is 10.5. The molecule has 0 radical (unpaired) electrons. The number of alkyl carbamates (subject to hydrolysis) is 1. The fourth-order valence-electron chi connectivity index (χ4n) is 1.73. The highest BCUT2D eigenvalue weighted by Gasteiger charge is 2.01. The number of carbonyl (C=O) groups is 1. The van der Waals surface area contributed by atoms with Crippen molar-refractivity contribution in [3.05, 3.63) is 35.9 Å². The van der Waals surface area contributed by atoms with Crippen LogP contribution in [0.25, 0.3) is 0 Å². The van der Waals surface area contributed by atoms with E-state index in [-0.39, 0.29) is 6.09 Å². The van der Waals surface area contributed by atoms with Crippen molar-refractivity contribution in [3.63, 3.8) is 0 Å². The summed E-state index contributed by atoms with van der Waals surface area (Å²) < 4.78 is 5.07. The number of unbranched alkanes of at least 4 members (excludes halogenated alkanes) is 1. The fourth-order valence-corrected chi connectivity index (χ4v) is 1.73. The Bertz CT molecular complexity index is 349. The third kappa shape index (κ3) is 8.25. The van der Waals surface area contributed by atoms with Crippen LogP contribution in [0.3, 0.4) is 0 Å². The summed E-state index contributed by atoms with van der Waals surface area (Å²) in [5.41, 5.74) is 1.35. The van der Waals surface area contributed by atoms with E-state index in [0.717, 1.165) is 25.7 Å². The van der Waals surface area contributed by atoms with Gasteiger partial charge in [0, 0.05) is 6.54 Å². The van der Waals surface area contributed by atoms with E-state index in [9.17, 15) is 4.79 Å². The van der Waals surface area contributed by atoms with E-state index < -0.39 is 0 Å². The van der Waals surface area contributed by atoms with Gasteiger partial charge < -0.3 is 10.1 Å². The monoisotopic (exact) mass is 263 g/mol. The standard InChI is InChI=1S/C16H25NO2/c1-14(2)11-13-19-16(18)17-12-7-6-10-15-8-4-3-5-9-15/h3-5,8-9,14H,6-7,10-13H2,1-2H3,(H,17,18). The minimum atomic E-state index is -0.291. The Morgan fingerprint density at radius 3 is 2.63 bits per heavy atom. The summed E-state index contributed by atoms with van der Waals surface area (Å²) >= 11 is 0. The lowest BCUT2D eigenvalue weighted by atomic mass is 10.1. The zero-order valence-electron chi connectivity index (χ0n) is 12.0. The summed E-state index contributed by atoms with van der Waals surface area (Å²) in [6.07, 6.45) is 3.75. The zero-order chi connectivity index (χ0) is 13.9. The highest BCUT2D eigenvalue weighted by atomic mass is 16.5. The predicted molar refractivity (Wildman–Crippen MR) is 78.2 cm³/mol. The third-order valence-electron chi connectivity index (χ3n) is 2.93. The molecular weight excluding hydrogens is 238 g/mol. The number of benzene rings is 1. The van der Waals surface area contributed by atoms with Gasteiger partial charge in [-0.2, -0.15) is 0 Å². The van der Waals surface area contributed by atoms with Crippen molar-refractivity contribution in [2.75, 3.05) is 13.2 Å². The van der Waals surface area contributed by atoms with Crippen molar-refractivity contribution < 1.29 is 9.53 Å². The van der Waals surface area contributed by atoms with Crippen LogP contribution in [-0.4, -0.2) is 19.2 Å². The van der Waals surface area contributed by atoms with Crippen molar-refractivity contribution in [1.82, 2.24) is 5.32 Å². The van der Waals surface area contributed by atoms with Crippen LogP contribution in [0.15, 0.2) is 30.3 Å². The summed E-state index contributed by atoms with van der Waals surface area (Å²) in [5.74, 6) is 0.568. The predicted octanol–water partition coefficient (Wildman–Crippen LogP) is 3.78. The van der Waals surface area contributed by atoms with Crippen molar-refractivity contribution in [1.29, 1.82) is 0 Å². The van der Waals surface area contributed by atoms with Crippen LogP contribution >= 0.6 is 0 Å². The molecule has 1 amide bonds. The second kappa shape index (κ2) is 9.42. The lowest BCUT2D eigenvalue weighted by molar-refractivity contribution is 0.140.